The Morgan fingerprint density at radius 2 is 1.96 bits per heavy atom. The van der Waals surface area contributed by atoms with Crippen molar-refractivity contribution in [3.8, 4) is 0 Å². The third-order valence-corrected chi connectivity index (χ3v) is 6.67. The van der Waals surface area contributed by atoms with E-state index in [1.807, 2.05) is 0 Å². The maximum Gasteiger partial charge on any atom is 0.254 e. The number of carbonyl (C=O) groups excluding carboxylic acids is 2. The molecule has 3 aliphatic rings. The van der Waals surface area contributed by atoms with Crippen molar-refractivity contribution in [3.63, 3.8) is 0 Å². The number of fused-ring (bicyclic) bond motifs is 1. The molecule has 1 heterocycles. The Labute approximate surface area is 146 Å². The van der Waals surface area contributed by atoms with Gasteiger partial charge in [-0.15, -0.1) is 11.3 Å². The average molecular weight is 347 g/mol. The lowest BCUT2D eigenvalue weighted by Gasteiger charge is -2.26. The smallest absolute Gasteiger partial charge is 0.254 e. The summed E-state index contributed by atoms with van der Waals surface area (Å²) in [6.45, 7) is 2.83. The topological polar surface area (TPSA) is 84.2 Å². The summed E-state index contributed by atoms with van der Waals surface area (Å²) in [7, 11) is 0. The summed E-state index contributed by atoms with van der Waals surface area (Å²) in [6.07, 6.45) is 6.16. The largest absolute Gasteiger partial charge is 0.352 e. The highest BCUT2D eigenvalue weighted by molar-refractivity contribution is 7.17. The minimum Gasteiger partial charge on any atom is -0.352 e. The molecular weight excluding hydrogens is 322 g/mol. The van der Waals surface area contributed by atoms with Crippen LogP contribution in [0.1, 0.15) is 65.7 Å². The average Bonchev–Trinajstić information content (AvgIpc) is 3.45. The maximum absolute atomic E-state index is 12.9. The van der Waals surface area contributed by atoms with Crippen molar-refractivity contribution >= 4 is 28.2 Å². The Morgan fingerprint density at radius 1 is 1.21 bits per heavy atom. The van der Waals surface area contributed by atoms with Gasteiger partial charge in [-0.25, -0.2) is 0 Å². The molecule has 3 aliphatic carbocycles. The monoisotopic (exact) mass is 347 g/mol. The fraction of sp³-hybridized carbons (Fsp3) is 0.667. The first kappa shape index (κ1) is 16.1. The van der Waals surface area contributed by atoms with E-state index in [-0.39, 0.29) is 29.7 Å². The second-order valence-corrected chi connectivity index (χ2v) is 8.66. The molecule has 0 spiro atoms. The van der Waals surface area contributed by atoms with Gasteiger partial charge >= 0.3 is 0 Å². The Bertz CT molecular complexity index is 676. The van der Waals surface area contributed by atoms with E-state index in [2.05, 4.69) is 17.6 Å². The first-order valence-corrected chi connectivity index (χ1v) is 9.86. The van der Waals surface area contributed by atoms with E-state index in [9.17, 15) is 9.59 Å². The summed E-state index contributed by atoms with van der Waals surface area (Å²) in [6, 6.07) is 0.0778. The molecule has 0 bridgehead atoms. The molecule has 6 heteroatoms. The van der Waals surface area contributed by atoms with Gasteiger partial charge < -0.3 is 16.4 Å². The van der Waals surface area contributed by atoms with E-state index in [1.165, 1.54) is 17.7 Å². The van der Waals surface area contributed by atoms with Crippen molar-refractivity contribution in [3.05, 3.63) is 16.0 Å². The summed E-state index contributed by atoms with van der Waals surface area (Å²) >= 11 is 1.57. The normalized spacial score (nSPS) is 25.9. The molecule has 4 rings (SSSR count). The van der Waals surface area contributed by atoms with Crippen molar-refractivity contribution in [1.29, 1.82) is 0 Å². The van der Waals surface area contributed by atoms with Gasteiger partial charge in [-0.05, 0) is 55.9 Å². The van der Waals surface area contributed by atoms with Gasteiger partial charge in [-0.1, -0.05) is 6.92 Å². The molecular formula is C18H25N3O2S. The second-order valence-electron chi connectivity index (χ2n) is 7.55. The molecule has 24 heavy (non-hydrogen) atoms. The predicted octanol–water partition coefficient (Wildman–Crippen LogP) is 2.61. The summed E-state index contributed by atoms with van der Waals surface area (Å²) in [5.74, 6) is 0.922. The summed E-state index contributed by atoms with van der Waals surface area (Å²) < 4.78 is 0. The minimum atomic E-state index is -0.0496. The molecule has 4 N–H and O–H groups in total. The van der Waals surface area contributed by atoms with Crippen molar-refractivity contribution in [2.24, 2.45) is 17.6 Å². The number of hydrogen-bond donors (Lipinski definition) is 3. The molecule has 2 atom stereocenters. The van der Waals surface area contributed by atoms with E-state index < -0.39 is 0 Å². The minimum absolute atomic E-state index is 0.0496. The molecule has 2 unspecified atom stereocenters. The van der Waals surface area contributed by atoms with Crippen LogP contribution in [0.5, 0.6) is 0 Å². The van der Waals surface area contributed by atoms with E-state index in [0.29, 0.717) is 11.5 Å². The van der Waals surface area contributed by atoms with Crippen LogP contribution in [0.25, 0.3) is 0 Å². The van der Waals surface area contributed by atoms with E-state index in [1.54, 1.807) is 11.3 Å². The number of aryl methyl sites for hydroxylation is 1. The number of amides is 2. The van der Waals surface area contributed by atoms with Crippen molar-refractivity contribution in [1.82, 2.24) is 5.32 Å². The molecule has 1 aromatic rings. The van der Waals surface area contributed by atoms with Crippen LogP contribution < -0.4 is 16.4 Å². The van der Waals surface area contributed by atoms with Crippen LogP contribution in [0, 0.1) is 11.8 Å². The lowest BCUT2D eigenvalue weighted by molar-refractivity contribution is -0.117. The van der Waals surface area contributed by atoms with E-state index >= 15 is 0 Å². The zero-order valence-electron chi connectivity index (χ0n) is 14.1. The van der Waals surface area contributed by atoms with Gasteiger partial charge in [-0.2, -0.15) is 0 Å². The zero-order chi connectivity index (χ0) is 16.8. The van der Waals surface area contributed by atoms with Crippen LogP contribution in [0.3, 0.4) is 0 Å². The van der Waals surface area contributed by atoms with Gasteiger partial charge in [0.15, 0.2) is 0 Å². The Hall–Kier alpha value is -1.40. The molecule has 2 saturated carbocycles. The van der Waals surface area contributed by atoms with Gasteiger partial charge in [0, 0.05) is 23.4 Å². The molecule has 0 radical (unpaired) electrons. The Balaban J connectivity index is 1.64. The highest BCUT2D eigenvalue weighted by Crippen LogP contribution is 2.44. The third kappa shape index (κ3) is 3.09. The zero-order valence-corrected chi connectivity index (χ0v) is 14.9. The van der Waals surface area contributed by atoms with Gasteiger partial charge in [0.1, 0.15) is 5.00 Å². The molecule has 2 fully saturated rings. The van der Waals surface area contributed by atoms with E-state index in [4.69, 9.17) is 5.73 Å². The van der Waals surface area contributed by atoms with Crippen LogP contribution in [0.4, 0.5) is 5.00 Å². The molecule has 0 saturated heterocycles. The lowest BCUT2D eigenvalue weighted by Crippen LogP contribution is -2.33. The maximum atomic E-state index is 12.9. The van der Waals surface area contributed by atoms with Crippen molar-refractivity contribution in [2.45, 2.75) is 57.4 Å². The van der Waals surface area contributed by atoms with Crippen LogP contribution >= 0.6 is 11.3 Å². The first-order valence-electron chi connectivity index (χ1n) is 9.04. The number of thiophene rings is 1. The predicted molar refractivity (Wildman–Crippen MR) is 95.4 cm³/mol. The van der Waals surface area contributed by atoms with Crippen molar-refractivity contribution in [2.75, 3.05) is 11.9 Å². The molecule has 2 amide bonds. The fourth-order valence-electron chi connectivity index (χ4n) is 3.44. The number of rotatable bonds is 5. The third-order valence-electron chi connectivity index (χ3n) is 5.48. The van der Waals surface area contributed by atoms with Crippen LogP contribution in [-0.2, 0) is 11.2 Å². The molecule has 0 aromatic carbocycles. The molecule has 0 aliphatic heterocycles. The summed E-state index contributed by atoms with van der Waals surface area (Å²) in [4.78, 5) is 26.3. The van der Waals surface area contributed by atoms with Crippen molar-refractivity contribution < 1.29 is 9.59 Å². The molecule has 5 nitrogen and oxygen atoms in total. The Kier molecular flexibility index (Phi) is 4.12. The van der Waals surface area contributed by atoms with Gasteiger partial charge in [0.05, 0.1) is 5.56 Å². The van der Waals surface area contributed by atoms with Gasteiger partial charge in [-0.3, -0.25) is 9.59 Å². The van der Waals surface area contributed by atoms with Crippen LogP contribution in [0.15, 0.2) is 0 Å². The quantitative estimate of drug-likeness (QED) is 0.765. The SMILES string of the molecule is CC1c2c(sc(NC(=O)C3CC3)c2C(=O)NCC2CC2)CCC1N. The standard InChI is InChI=1S/C18H25N3O2S/c1-9-12(19)6-7-13-14(9)15(17(23)20-8-10-2-3-10)18(24-13)21-16(22)11-4-5-11/h9-12H,2-8,19H2,1H3,(H,20,23)(H,21,22). The summed E-state index contributed by atoms with van der Waals surface area (Å²) in [5.41, 5.74) is 7.99. The Morgan fingerprint density at radius 3 is 2.62 bits per heavy atom. The molecule has 130 valence electrons. The van der Waals surface area contributed by atoms with Crippen LogP contribution in [0.2, 0.25) is 0 Å². The summed E-state index contributed by atoms with van der Waals surface area (Å²) in [5, 5.41) is 6.82. The number of carbonyl (C=O) groups is 2. The fourth-order valence-corrected chi connectivity index (χ4v) is 4.76. The van der Waals surface area contributed by atoms with Crippen LogP contribution in [-0.4, -0.2) is 24.4 Å². The first-order chi connectivity index (χ1) is 11.5. The number of nitrogens with one attached hydrogen (secondary N) is 2. The number of nitrogens with two attached hydrogens (primary N) is 1. The van der Waals surface area contributed by atoms with Gasteiger partial charge in [0.25, 0.3) is 5.91 Å². The lowest BCUT2D eigenvalue weighted by atomic mass is 9.82. The number of anilines is 1. The van der Waals surface area contributed by atoms with E-state index in [0.717, 1.165) is 42.8 Å². The van der Waals surface area contributed by atoms with Gasteiger partial charge in [0.2, 0.25) is 5.91 Å². The molecule has 1 aromatic heterocycles. The highest BCUT2D eigenvalue weighted by Gasteiger charge is 2.36. The highest BCUT2D eigenvalue weighted by atomic mass is 32.1. The second kappa shape index (κ2) is 6.15. The number of hydrogen-bond acceptors (Lipinski definition) is 4.